The molecular formula is C21H24F3NO4. The van der Waals surface area contributed by atoms with Crippen LogP contribution in [0.5, 0.6) is 5.75 Å². The van der Waals surface area contributed by atoms with Crippen LogP contribution in [0.1, 0.15) is 42.8 Å². The lowest BCUT2D eigenvalue weighted by Crippen LogP contribution is -2.35. The number of nitrogens with one attached hydrogen (secondary N) is 1. The summed E-state index contributed by atoms with van der Waals surface area (Å²) in [6.07, 6.45) is -3.69. The van der Waals surface area contributed by atoms with Crippen LogP contribution in [0.15, 0.2) is 40.8 Å². The number of amides is 1. The zero-order chi connectivity index (χ0) is 21.0. The number of benzene rings is 1. The number of hydrogen-bond acceptors (Lipinski definition) is 4. The topological polar surface area (TPSA) is 71.7 Å². The summed E-state index contributed by atoms with van der Waals surface area (Å²) in [4.78, 5) is 11.9. The third-order valence-corrected chi connectivity index (χ3v) is 4.89. The number of alkyl halides is 3. The highest BCUT2D eigenvalue weighted by molar-refractivity contribution is 5.76. The SMILES string of the molecule is CC1CC1c1ccc(CCC(=O)NCC(O)COc2cccc(C(F)(F)F)c2)o1. The van der Waals surface area contributed by atoms with Crippen molar-refractivity contribution in [2.75, 3.05) is 13.2 Å². The van der Waals surface area contributed by atoms with Gasteiger partial charge in [-0.3, -0.25) is 4.79 Å². The van der Waals surface area contributed by atoms with Crippen molar-refractivity contribution >= 4 is 5.91 Å². The van der Waals surface area contributed by atoms with E-state index in [2.05, 4.69) is 12.2 Å². The summed E-state index contributed by atoms with van der Waals surface area (Å²) in [5.41, 5.74) is -0.824. The molecule has 1 aromatic carbocycles. The van der Waals surface area contributed by atoms with E-state index in [1.165, 1.54) is 12.1 Å². The minimum Gasteiger partial charge on any atom is -0.491 e. The van der Waals surface area contributed by atoms with E-state index in [0.29, 0.717) is 18.3 Å². The Morgan fingerprint density at radius 2 is 2.10 bits per heavy atom. The summed E-state index contributed by atoms with van der Waals surface area (Å²) in [6.45, 7) is 1.88. The van der Waals surface area contributed by atoms with Crippen molar-refractivity contribution in [2.45, 2.75) is 44.4 Å². The van der Waals surface area contributed by atoms with Crippen LogP contribution in [0.2, 0.25) is 0 Å². The monoisotopic (exact) mass is 411 g/mol. The predicted molar refractivity (Wildman–Crippen MR) is 99.5 cm³/mol. The Morgan fingerprint density at radius 1 is 1.34 bits per heavy atom. The average Bonchev–Trinajstić information content (AvgIpc) is 3.22. The largest absolute Gasteiger partial charge is 0.491 e. The Kier molecular flexibility index (Phi) is 6.52. The molecule has 1 amide bonds. The standard InChI is InChI=1S/C21H24F3NO4/c1-13-9-18(13)19-7-5-16(29-19)6-8-20(27)25-11-15(26)12-28-17-4-2-3-14(10-17)21(22,23)24/h2-5,7,10,13,15,18,26H,6,8-9,11-12H2,1H3,(H,25,27). The van der Waals surface area contributed by atoms with Crippen molar-refractivity contribution in [1.29, 1.82) is 0 Å². The molecule has 0 bridgehead atoms. The number of halogens is 3. The van der Waals surface area contributed by atoms with Gasteiger partial charge in [-0.25, -0.2) is 0 Å². The van der Waals surface area contributed by atoms with Gasteiger partial charge in [0.15, 0.2) is 0 Å². The van der Waals surface area contributed by atoms with E-state index in [-0.39, 0.29) is 31.2 Å². The fourth-order valence-corrected chi connectivity index (χ4v) is 3.02. The first kappa shape index (κ1) is 21.2. The average molecular weight is 411 g/mol. The summed E-state index contributed by atoms with van der Waals surface area (Å²) in [7, 11) is 0. The number of rotatable bonds is 9. The van der Waals surface area contributed by atoms with Gasteiger partial charge in [0.25, 0.3) is 0 Å². The molecule has 158 valence electrons. The molecule has 2 aromatic rings. The van der Waals surface area contributed by atoms with Gasteiger partial charge < -0.3 is 19.6 Å². The number of aryl methyl sites for hydroxylation is 1. The van der Waals surface area contributed by atoms with E-state index in [9.17, 15) is 23.1 Å². The summed E-state index contributed by atoms with van der Waals surface area (Å²) >= 11 is 0. The fraction of sp³-hybridized carbons (Fsp3) is 0.476. The number of carbonyl (C=O) groups is 1. The fourth-order valence-electron chi connectivity index (χ4n) is 3.02. The summed E-state index contributed by atoms with van der Waals surface area (Å²) in [6, 6.07) is 8.25. The van der Waals surface area contributed by atoms with Crippen LogP contribution < -0.4 is 10.1 Å². The second-order valence-electron chi connectivity index (χ2n) is 7.42. The normalized spacial score (nSPS) is 19.6. The molecule has 3 atom stereocenters. The molecule has 1 saturated carbocycles. The van der Waals surface area contributed by atoms with Crippen LogP contribution in [-0.2, 0) is 17.4 Å². The Bertz CT molecular complexity index is 833. The van der Waals surface area contributed by atoms with Gasteiger partial charge in [0.1, 0.15) is 30.0 Å². The molecule has 1 fully saturated rings. The van der Waals surface area contributed by atoms with Crippen molar-refractivity contribution in [1.82, 2.24) is 5.32 Å². The molecule has 3 rings (SSSR count). The van der Waals surface area contributed by atoms with Gasteiger partial charge in [-0.2, -0.15) is 13.2 Å². The van der Waals surface area contributed by atoms with Gasteiger partial charge in [0.2, 0.25) is 5.91 Å². The molecule has 2 N–H and O–H groups in total. The van der Waals surface area contributed by atoms with E-state index in [0.717, 1.165) is 30.1 Å². The molecule has 5 nitrogen and oxygen atoms in total. The van der Waals surface area contributed by atoms with Crippen molar-refractivity contribution in [3.63, 3.8) is 0 Å². The van der Waals surface area contributed by atoms with Gasteiger partial charge >= 0.3 is 6.18 Å². The number of aliphatic hydroxyl groups excluding tert-OH is 1. The lowest BCUT2D eigenvalue weighted by atomic mass is 10.2. The number of ether oxygens (including phenoxy) is 1. The Morgan fingerprint density at radius 3 is 2.79 bits per heavy atom. The zero-order valence-electron chi connectivity index (χ0n) is 16.0. The predicted octanol–water partition coefficient (Wildman–Crippen LogP) is 3.91. The van der Waals surface area contributed by atoms with Crippen molar-refractivity contribution in [3.05, 3.63) is 53.5 Å². The van der Waals surface area contributed by atoms with Crippen molar-refractivity contribution < 1.29 is 32.2 Å². The van der Waals surface area contributed by atoms with E-state index in [1.54, 1.807) is 0 Å². The third kappa shape index (κ3) is 6.25. The molecule has 3 unspecified atom stereocenters. The molecule has 0 saturated heterocycles. The summed E-state index contributed by atoms with van der Waals surface area (Å²) in [5, 5.41) is 12.5. The molecule has 1 heterocycles. The molecule has 1 aliphatic carbocycles. The quantitative estimate of drug-likeness (QED) is 0.656. The summed E-state index contributed by atoms with van der Waals surface area (Å²) in [5.74, 6) is 2.61. The van der Waals surface area contributed by atoms with Crippen LogP contribution in [0.4, 0.5) is 13.2 Å². The van der Waals surface area contributed by atoms with Crippen LogP contribution in [-0.4, -0.2) is 30.3 Å². The van der Waals surface area contributed by atoms with E-state index >= 15 is 0 Å². The lowest BCUT2D eigenvalue weighted by Gasteiger charge is -2.14. The zero-order valence-corrected chi connectivity index (χ0v) is 16.0. The summed E-state index contributed by atoms with van der Waals surface area (Å²) < 4.78 is 49.0. The highest BCUT2D eigenvalue weighted by atomic mass is 19.4. The van der Waals surface area contributed by atoms with Crippen LogP contribution >= 0.6 is 0 Å². The second-order valence-corrected chi connectivity index (χ2v) is 7.42. The molecule has 1 aliphatic rings. The van der Waals surface area contributed by atoms with Gasteiger partial charge in [0, 0.05) is 25.3 Å². The molecule has 0 spiro atoms. The van der Waals surface area contributed by atoms with Gasteiger partial charge in [-0.05, 0) is 42.7 Å². The lowest BCUT2D eigenvalue weighted by molar-refractivity contribution is -0.137. The van der Waals surface area contributed by atoms with Crippen molar-refractivity contribution in [2.24, 2.45) is 5.92 Å². The minimum atomic E-state index is -4.46. The maximum atomic E-state index is 12.7. The van der Waals surface area contributed by atoms with Crippen molar-refractivity contribution in [3.8, 4) is 5.75 Å². The Balaban J connectivity index is 1.35. The number of hydrogen-bond donors (Lipinski definition) is 2. The second kappa shape index (κ2) is 8.90. The molecule has 0 radical (unpaired) electrons. The molecular weight excluding hydrogens is 387 g/mol. The first-order chi connectivity index (χ1) is 13.7. The van der Waals surface area contributed by atoms with Gasteiger partial charge in [-0.15, -0.1) is 0 Å². The minimum absolute atomic E-state index is 0.00352. The Hall–Kier alpha value is -2.48. The highest BCUT2D eigenvalue weighted by Gasteiger charge is 2.36. The van der Waals surface area contributed by atoms with Gasteiger partial charge in [-0.1, -0.05) is 13.0 Å². The van der Waals surface area contributed by atoms with E-state index < -0.39 is 17.8 Å². The van der Waals surface area contributed by atoms with Crippen LogP contribution in [0.25, 0.3) is 0 Å². The van der Waals surface area contributed by atoms with Gasteiger partial charge in [0.05, 0.1) is 5.56 Å². The van der Waals surface area contributed by atoms with Crippen LogP contribution in [0, 0.1) is 5.92 Å². The first-order valence-electron chi connectivity index (χ1n) is 9.56. The smallest absolute Gasteiger partial charge is 0.416 e. The van der Waals surface area contributed by atoms with Crippen LogP contribution in [0.3, 0.4) is 0 Å². The third-order valence-electron chi connectivity index (χ3n) is 4.89. The molecule has 8 heteroatoms. The molecule has 0 aliphatic heterocycles. The van der Waals surface area contributed by atoms with E-state index in [4.69, 9.17) is 9.15 Å². The molecule has 29 heavy (non-hydrogen) atoms. The maximum absolute atomic E-state index is 12.7. The maximum Gasteiger partial charge on any atom is 0.416 e. The molecule has 1 aromatic heterocycles. The number of aliphatic hydroxyl groups is 1. The first-order valence-corrected chi connectivity index (χ1v) is 9.56. The highest BCUT2D eigenvalue weighted by Crippen LogP contribution is 2.47. The number of furan rings is 1. The number of carbonyl (C=O) groups excluding carboxylic acids is 1. The van der Waals surface area contributed by atoms with E-state index in [1.807, 2.05) is 12.1 Å². The Labute approximate surface area is 166 Å².